The third-order valence-electron chi connectivity index (χ3n) is 6.80. The number of rotatable bonds is 9. The van der Waals surface area contributed by atoms with Crippen molar-refractivity contribution in [3.05, 3.63) is 66.2 Å². The van der Waals surface area contributed by atoms with Crippen molar-refractivity contribution in [2.75, 3.05) is 50.9 Å². The number of carbonyl (C=O) groups excluding carboxylic acids is 1. The molecule has 41 heavy (non-hydrogen) atoms. The molecule has 0 saturated carbocycles. The molecule has 0 aliphatic rings. The van der Waals surface area contributed by atoms with Crippen LogP contribution in [0, 0.1) is 0 Å². The van der Waals surface area contributed by atoms with Gasteiger partial charge in [0.2, 0.25) is 10.0 Å². The molecule has 0 saturated heterocycles. The quantitative estimate of drug-likeness (QED) is 0.201. The molecule has 0 aromatic heterocycles. The highest BCUT2D eigenvalue weighted by atomic mass is 32.2. The Labute approximate surface area is 242 Å². The van der Waals surface area contributed by atoms with Crippen molar-refractivity contribution in [3.8, 4) is 11.5 Å². The van der Waals surface area contributed by atoms with Gasteiger partial charge in [0.1, 0.15) is 16.4 Å². The van der Waals surface area contributed by atoms with Crippen LogP contribution in [0.15, 0.2) is 65.6 Å². The van der Waals surface area contributed by atoms with Crippen LogP contribution in [0.1, 0.15) is 38.1 Å². The van der Waals surface area contributed by atoms with E-state index < -0.39 is 10.0 Å². The Kier molecular flexibility index (Phi) is 10.4. The minimum Gasteiger partial charge on any atom is -0.506 e. The third kappa shape index (κ3) is 6.49. The number of nitrogens with one attached hydrogen (secondary N) is 2. The number of aromatic hydroxyl groups is 2. The first kappa shape index (κ1) is 31.5. The zero-order valence-corrected chi connectivity index (χ0v) is 25.3. The number of sulfonamides is 1. The van der Waals surface area contributed by atoms with Gasteiger partial charge in [-0.15, -0.1) is 0 Å². The van der Waals surface area contributed by atoms with Crippen LogP contribution < -0.4 is 10.6 Å². The minimum absolute atomic E-state index is 0.0594. The molecule has 10 heteroatoms. The largest absolute Gasteiger partial charge is 0.506 e. The Hall–Kier alpha value is -4.02. The molecule has 0 heterocycles. The van der Waals surface area contributed by atoms with Crippen LogP contribution in [-0.2, 0) is 10.0 Å². The zero-order valence-electron chi connectivity index (χ0n) is 24.5. The molecule has 220 valence electrons. The fourth-order valence-electron chi connectivity index (χ4n) is 4.61. The van der Waals surface area contributed by atoms with Crippen LogP contribution in [0.2, 0.25) is 0 Å². The predicted octanol–water partition coefficient (Wildman–Crippen LogP) is 5.69. The number of fused-ring (bicyclic) bond motifs is 2. The standard InChI is InChI=1S/C17H22N2O2.C14H18N2O3S/c1-4-18-15-9-7-8-13-12(15)10-11-14(16(13)20)17(21)19(5-2)6-3;1-4-15-12-7-5-6-11-10(12)8-9-13(14(11)17)20(18,19)16(2)3/h7-11,18,20H,4-6H2,1-3H3;5-9,15,17H,4H2,1-3H3. The first-order valence-electron chi connectivity index (χ1n) is 13.7. The fourth-order valence-corrected chi connectivity index (χ4v) is 5.60. The maximum Gasteiger partial charge on any atom is 0.257 e. The van der Waals surface area contributed by atoms with Gasteiger partial charge in [0.15, 0.2) is 0 Å². The van der Waals surface area contributed by atoms with Crippen LogP contribution in [-0.4, -0.2) is 74.0 Å². The molecule has 0 fully saturated rings. The van der Waals surface area contributed by atoms with E-state index in [-0.39, 0.29) is 22.3 Å². The number of anilines is 2. The lowest BCUT2D eigenvalue weighted by Gasteiger charge is -2.20. The molecule has 0 aliphatic heterocycles. The van der Waals surface area contributed by atoms with Crippen LogP contribution in [0.5, 0.6) is 11.5 Å². The van der Waals surface area contributed by atoms with Crippen LogP contribution in [0.4, 0.5) is 11.4 Å². The number of phenols is 2. The molecule has 1 amide bonds. The normalized spacial score (nSPS) is 11.3. The van der Waals surface area contributed by atoms with E-state index in [0.717, 1.165) is 39.5 Å². The summed E-state index contributed by atoms with van der Waals surface area (Å²) in [5, 5.41) is 30.2. The Bertz CT molecular complexity index is 1630. The molecule has 4 rings (SSSR count). The van der Waals surface area contributed by atoms with E-state index in [4.69, 9.17) is 0 Å². The van der Waals surface area contributed by atoms with Gasteiger partial charge in [0.25, 0.3) is 5.91 Å². The molecule has 0 bridgehead atoms. The fraction of sp³-hybridized carbons (Fsp3) is 0.323. The predicted molar refractivity (Wildman–Crippen MR) is 168 cm³/mol. The number of carbonyl (C=O) groups is 1. The number of phenolic OH excluding ortho intramolecular Hbond substituents is 2. The van der Waals surface area contributed by atoms with Gasteiger partial charge in [-0.25, -0.2) is 12.7 Å². The maximum atomic E-state index is 12.4. The van der Waals surface area contributed by atoms with Gasteiger partial charge in [0, 0.05) is 73.2 Å². The lowest BCUT2D eigenvalue weighted by Crippen LogP contribution is -2.30. The van der Waals surface area contributed by atoms with Crippen molar-refractivity contribution in [1.29, 1.82) is 0 Å². The second-order valence-electron chi connectivity index (χ2n) is 9.50. The topological polar surface area (TPSA) is 122 Å². The summed E-state index contributed by atoms with van der Waals surface area (Å²) >= 11 is 0. The van der Waals surface area contributed by atoms with E-state index in [2.05, 4.69) is 10.6 Å². The van der Waals surface area contributed by atoms with Crippen molar-refractivity contribution in [1.82, 2.24) is 9.21 Å². The SMILES string of the molecule is CCNc1cccc2c(O)c(C(=O)N(CC)CC)ccc12.CCNc1cccc2c(O)c(S(=O)(=O)N(C)C)ccc12. The molecule has 0 aliphatic carbocycles. The number of amides is 1. The van der Waals surface area contributed by atoms with E-state index >= 15 is 0 Å². The highest BCUT2D eigenvalue weighted by Crippen LogP contribution is 2.36. The van der Waals surface area contributed by atoms with E-state index in [1.807, 2.05) is 58.0 Å². The number of hydrogen-bond acceptors (Lipinski definition) is 7. The molecule has 9 nitrogen and oxygen atoms in total. The summed E-state index contributed by atoms with van der Waals surface area (Å²) in [4.78, 5) is 14.1. The third-order valence-corrected chi connectivity index (χ3v) is 8.65. The molecular weight excluding hydrogens is 540 g/mol. The molecule has 0 unspecified atom stereocenters. The monoisotopic (exact) mass is 580 g/mol. The zero-order chi connectivity index (χ0) is 30.3. The molecule has 0 spiro atoms. The van der Waals surface area contributed by atoms with Gasteiger partial charge >= 0.3 is 0 Å². The van der Waals surface area contributed by atoms with Gasteiger partial charge in [-0.2, -0.15) is 0 Å². The molecule has 0 radical (unpaired) electrons. The van der Waals surface area contributed by atoms with Crippen LogP contribution in [0.3, 0.4) is 0 Å². The highest BCUT2D eigenvalue weighted by Gasteiger charge is 2.23. The van der Waals surface area contributed by atoms with Gasteiger partial charge in [-0.3, -0.25) is 4.79 Å². The average Bonchev–Trinajstić information content (AvgIpc) is 2.95. The van der Waals surface area contributed by atoms with Gasteiger partial charge in [-0.05, 0) is 52.0 Å². The molecular formula is C31H40N4O5S. The summed E-state index contributed by atoms with van der Waals surface area (Å²) in [6.07, 6.45) is 0. The van der Waals surface area contributed by atoms with Crippen LogP contribution in [0.25, 0.3) is 21.5 Å². The first-order chi connectivity index (χ1) is 19.5. The van der Waals surface area contributed by atoms with Gasteiger partial charge in [-0.1, -0.05) is 36.4 Å². The Morgan fingerprint density at radius 3 is 1.66 bits per heavy atom. The lowest BCUT2D eigenvalue weighted by atomic mass is 10.0. The Morgan fingerprint density at radius 1 is 0.707 bits per heavy atom. The summed E-state index contributed by atoms with van der Waals surface area (Å²) in [5.41, 5.74) is 2.20. The van der Waals surface area contributed by atoms with Crippen LogP contribution >= 0.6 is 0 Å². The van der Waals surface area contributed by atoms with E-state index in [0.29, 0.717) is 29.4 Å². The molecule has 4 N–H and O–H groups in total. The maximum absolute atomic E-state index is 12.4. The summed E-state index contributed by atoms with van der Waals surface area (Å²) < 4.78 is 25.4. The number of nitrogens with zero attached hydrogens (tertiary/aromatic N) is 2. The lowest BCUT2D eigenvalue weighted by molar-refractivity contribution is 0.0770. The van der Waals surface area contributed by atoms with Gasteiger partial charge in [0.05, 0.1) is 5.56 Å². The first-order valence-corrected chi connectivity index (χ1v) is 15.2. The molecule has 0 atom stereocenters. The summed E-state index contributed by atoms with van der Waals surface area (Å²) in [5.74, 6) is -0.284. The number of benzene rings is 4. The minimum atomic E-state index is -3.66. The van der Waals surface area contributed by atoms with E-state index in [1.165, 1.54) is 20.2 Å². The molecule has 4 aromatic carbocycles. The van der Waals surface area contributed by atoms with Crippen molar-refractivity contribution in [2.45, 2.75) is 32.6 Å². The van der Waals surface area contributed by atoms with Gasteiger partial charge < -0.3 is 25.7 Å². The van der Waals surface area contributed by atoms with Crippen molar-refractivity contribution >= 4 is 48.9 Å². The summed E-state index contributed by atoms with van der Waals surface area (Å²) in [7, 11) is -0.784. The average molecular weight is 581 g/mol. The van der Waals surface area contributed by atoms with Crippen molar-refractivity contribution < 1.29 is 23.4 Å². The van der Waals surface area contributed by atoms with Crippen molar-refractivity contribution in [3.63, 3.8) is 0 Å². The second kappa shape index (κ2) is 13.6. The Morgan fingerprint density at radius 2 is 1.20 bits per heavy atom. The Balaban J connectivity index is 0.000000226. The summed E-state index contributed by atoms with van der Waals surface area (Å²) in [6.45, 7) is 10.7. The smallest absolute Gasteiger partial charge is 0.257 e. The summed E-state index contributed by atoms with van der Waals surface area (Å²) in [6, 6.07) is 17.8. The van der Waals surface area contributed by atoms with E-state index in [9.17, 15) is 23.4 Å². The highest BCUT2D eigenvalue weighted by molar-refractivity contribution is 7.89. The van der Waals surface area contributed by atoms with E-state index in [1.54, 1.807) is 29.2 Å². The van der Waals surface area contributed by atoms with Crippen molar-refractivity contribution in [2.24, 2.45) is 0 Å². The second-order valence-corrected chi connectivity index (χ2v) is 11.6. The number of hydrogen-bond donors (Lipinski definition) is 4. The molecule has 4 aromatic rings.